The summed E-state index contributed by atoms with van der Waals surface area (Å²) in [6, 6.07) is 10.1. The van der Waals surface area contributed by atoms with Crippen LogP contribution in [0.5, 0.6) is 0 Å². The molecule has 0 spiro atoms. The summed E-state index contributed by atoms with van der Waals surface area (Å²) in [5.74, 6) is 0.692. The summed E-state index contributed by atoms with van der Waals surface area (Å²) >= 11 is 0. The number of aromatic nitrogens is 2. The molecule has 2 rings (SSSR count). The number of aliphatic hydroxyl groups excluding tert-OH is 1. The predicted molar refractivity (Wildman–Crippen MR) is 63.6 cm³/mol. The molecule has 0 bridgehead atoms. The lowest BCUT2D eigenvalue weighted by atomic mass is 10.2. The third kappa shape index (κ3) is 2.58. The van der Waals surface area contributed by atoms with Gasteiger partial charge in [0, 0.05) is 18.9 Å². The molecule has 0 saturated carbocycles. The van der Waals surface area contributed by atoms with Gasteiger partial charge >= 0.3 is 0 Å². The monoisotopic (exact) mass is 214 g/mol. The van der Waals surface area contributed by atoms with Crippen LogP contribution in [0.4, 0.5) is 0 Å². The van der Waals surface area contributed by atoms with E-state index in [2.05, 4.69) is 29.3 Å². The van der Waals surface area contributed by atoms with E-state index < -0.39 is 0 Å². The smallest absolute Gasteiger partial charge is 0.134 e. The van der Waals surface area contributed by atoms with Crippen molar-refractivity contribution in [2.24, 2.45) is 0 Å². The van der Waals surface area contributed by atoms with Crippen LogP contribution in [0.3, 0.4) is 0 Å². The standard InChI is InChI=1S/C13H14N2O/c16-11-13-14-8-10-15(13)9-4-7-12-5-2-1-3-6-12/h1-8,10,16H,9,11H2. The molecule has 0 saturated heterocycles. The molecular formula is C13H14N2O. The molecule has 0 radical (unpaired) electrons. The van der Waals surface area contributed by atoms with Gasteiger partial charge in [-0.2, -0.15) is 0 Å². The molecule has 0 amide bonds. The maximum atomic E-state index is 9.02. The first kappa shape index (κ1) is 10.6. The lowest BCUT2D eigenvalue weighted by molar-refractivity contribution is 0.266. The minimum absolute atomic E-state index is 0.0216. The predicted octanol–water partition coefficient (Wildman–Crippen LogP) is 2.09. The molecular weight excluding hydrogens is 200 g/mol. The van der Waals surface area contributed by atoms with Crippen LogP contribution >= 0.6 is 0 Å². The van der Waals surface area contributed by atoms with Gasteiger partial charge < -0.3 is 9.67 Å². The highest BCUT2D eigenvalue weighted by Crippen LogP contribution is 2.03. The zero-order valence-corrected chi connectivity index (χ0v) is 8.95. The number of nitrogens with zero attached hydrogens (tertiary/aromatic N) is 2. The van der Waals surface area contributed by atoms with Gasteiger partial charge in [0.15, 0.2) is 0 Å². The number of benzene rings is 1. The molecule has 0 unspecified atom stereocenters. The lowest BCUT2D eigenvalue weighted by Crippen LogP contribution is -2.00. The highest BCUT2D eigenvalue weighted by Gasteiger charge is 1.97. The van der Waals surface area contributed by atoms with E-state index in [1.165, 1.54) is 5.56 Å². The molecule has 3 heteroatoms. The third-order valence-corrected chi connectivity index (χ3v) is 2.36. The van der Waals surface area contributed by atoms with Crippen LogP contribution < -0.4 is 0 Å². The summed E-state index contributed by atoms with van der Waals surface area (Å²) in [5, 5.41) is 9.02. The third-order valence-electron chi connectivity index (χ3n) is 2.36. The topological polar surface area (TPSA) is 38.1 Å². The van der Waals surface area contributed by atoms with Crippen molar-refractivity contribution in [3.8, 4) is 0 Å². The van der Waals surface area contributed by atoms with E-state index in [9.17, 15) is 0 Å². The van der Waals surface area contributed by atoms with Crippen molar-refractivity contribution in [3.63, 3.8) is 0 Å². The second-order valence-electron chi connectivity index (χ2n) is 3.47. The minimum Gasteiger partial charge on any atom is -0.388 e. The number of imidazole rings is 1. The molecule has 0 aliphatic carbocycles. The first-order chi connectivity index (χ1) is 7.90. The van der Waals surface area contributed by atoms with Crippen molar-refractivity contribution < 1.29 is 5.11 Å². The maximum Gasteiger partial charge on any atom is 0.134 e. The van der Waals surface area contributed by atoms with Crippen molar-refractivity contribution in [1.29, 1.82) is 0 Å². The molecule has 1 N–H and O–H groups in total. The Morgan fingerprint density at radius 1 is 1.25 bits per heavy atom. The molecule has 3 nitrogen and oxygen atoms in total. The average molecular weight is 214 g/mol. The Bertz CT molecular complexity index is 460. The zero-order chi connectivity index (χ0) is 11.2. The SMILES string of the molecule is OCc1nccn1CC=Cc1ccccc1. The molecule has 0 aliphatic heterocycles. The molecule has 0 aliphatic rings. The van der Waals surface area contributed by atoms with Crippen LogP contribution in [0.25, 0.3) is 6.08 Å². The number of rotatable bonds is 4. The van der Waals surface area contributed by atoms with Gasteiger partial charge in [-0.25, -0.2) is 4.98 Å². The van der Waals surface area contributed by atoms with Crippen LogP contribution in [-0.4, -0.2) is 14.7 Å². The minimum atomic E-state index is -0.0216. The molecule has 1 aromatic heterocycles. The Morgan fingerprint density at radius 2 is 2.06 bits per heavy atom. The Kier molecular flexibility index (Phi) is 3.51. The molecule has 16 heavy (non-hydrogen) atoms. The van der Waals surface area contributed by atoms with Gasteiger partial charge in [0.05, 0.1) is 0 Å². The van der Waals surface area contributed by atoms with Crippen LogP contribution in [0.2, 0.25) is 0 Å². The summed E-state index contributed by atoms with van der Waals surface area (Å²) in [4.78, 5) is 4.04. The van der Waals surface area contributed by atoms with Crippen molar-refractivity contribution in [3.05, 3.63) is 60.2 Å². The van der Waals surface area contributed by atoms with Crippen molar-refractivity contribution >= 4 is 6.08 Å². The number of allylic oxidation sites excluding steroid dienone is 1. The Balaban J connectivity index is 2.00. The van der Waals surface area contributed by atoms with Crippen LogP contribution in [0, 0.1) is 0 Å². The lowest BCUT2D eigenvalue weighted by Gasteiger charge is -2.01. The molecule has 1 aromatic carbocycles. The first-order valence-electron chi connectivity index (χ1n) is 5.22. The fourth-order valence-electron chi connectivity index (χ4n) is 1.52. The maximum absolute atomic E-state index is 9.02. The van der Waals surface area contributed by atoms with E-state index in [0.717, 1.165) is 6.54 Å². The van der Waals surface area contributed by atoms with Crippen LogP contribution in [0.15, 0.2) is 48.8 Å². The highest BCUT2D eigenvalue weighted by atomic mass is 16.3. The zero-order valence-electron chi connectivity index (χ0n) is 8.95. The molecule has 82 valence electrons. The molecule has 0 atom stereocenters. The number of hydrogen-bond donors (Lipinski definition) is 1. The van der Waals surface area contributed by atoms with Gasteiger partial charge in [0.1, 0.15) is 12.4 Å². The molecule has 1 heterocycles. The van der Waals surface area contributed by atoms with Gasteiger partial charge in [-0.3, -0.25) is 0 Å². The highest BCUT2D eigenvalue weighted by molar-refractivity contribution is 5.48. The largest absolute Gasteiger partial charge is 0.388 e. The molecule has 2 aromatic rings. The van der Waals surface area contributed by atoms with Crippen LogP contribution in [0.1, 0.15) is 11.4 Å². The van der Waals surface area contributed by atoms with Gasteiger partial charge in [0.2, 0.25) is 0 Å². The quantitative estimate of drug-likeness (QED) is 0.846. The Morgan fingerprint density at radius 3 is 2.81 bits per heavy atom. The summed E-state index contributed by atoms with van der Waals surface area (Å²) in [6.07, 6.45) is 7.67. The second-order valence-corrected chi connectivity index (χ2v) is 3.47. The van der Waals surface area contributed by atoms with Gasteiger partial charge in [-0.05, 0) is 5.56 Å². The number of hydrogen-bond acceptors (Lipinski definition) is 2. The second kappa shape index (κ2) is 5.28. The first-order valence-corrected chi connectivity index (χ1v) is 5.22. The van der Waals surface area contributed by atoms with Gasteiger partial charge in [-0.15, -0.1) is 0 Å². The van der Waals surface area contributed by atoms with Crippen molar-refractivity contribution in [1.82, 2.24) is 9.55 Å². The average Bonchev–Trinajstić information content (AvgIpc) is 2.78. The summed E-state index contributed by atoms with van der Waals surface area (Å²) < 4.78 is 1.92. The fourth-order valence-corrected chi connectivity index (χ4v) is 1.52. The number of aliphatic hydroxyl groups is 1. The normalized spacial score (nSPS) is 11.1. The Labute approximate surface area is 94.7 Å². The molecule has 0 fully saturated rings. The summed E-state index contributed by atoms with van der Waals surface area (Å²) in [6.45, 7) is 0.705. The van der Waals surface area contributed by atoms with E-state index >= 15 is 0 Å². The Hall–Kier alpha value is -1.87. The van der Waals surface area contributed by atoms with Gasteiger partial charge in [0.25, 0.3) is 0 Å². The van der Waals surface area contributed by atoms with E-state index in [1.807, 2.05) is 29.0 Å². The van der Waals surface area contributed by atoms with E-state index in [1.54, 1.807) is 6.20 Å². The fraction of sp³-hybridized carbons (Fsp3) is 0.154. The van der Waals surface area contributed by atoms with Crippen molar-refractivity contribution in [2.75, 3.05) is 0 Å². The van der Waals surface area contributed by atoms with Gasteiger partial charge in [-0.1, -0.05) is 42.5 Å². The van der Waals surface area contributed by atoms with E-state index in [-0.39, 0.29) is 6.61 Å². The van der Waals surface area contributed by atoms with E-state index in [4.69, 9.17) is 5.11 Å². The van der Waals surface area contributed by atoms with Crippen LogP contribution in [-0.2, 0) is 13.2 Å². The van der Waals surface area contributed by atoms with E-state index in [0.29, 0.717) is 5.82 Å². The summed E-state index contributed by atoms with van der Waals surface area (Å²) in [7, 11) is 0. The van der Waals surface area contributed by atoms with Crippen molar-refractivity contribution in [2.45, 2.75) is 13.2 Å². The summed E-state index contributed by atoms with van der Waals surface area (Å²) in [5.41, 5.74) is 1.17.